The first-order valence-electron chi connectivity index (χ1n) is 7.07. The summed E-state index contributed by atoms with van der Waals surface area (Å²) in [5.74, 6) is 0.461. The maximum Gasteiger partial charge on any atom is 0.237 e. The maximum atomic E-state index is 11.9. The average molecular weight is 254 g/mol. The lowest BCUT2D eigenvalue weighted by Crippen LogP contribution is -2.48. The van der Waals surface area contributed by atoms with Crippen molar-refractivity contribution in [3.8, 4) is 0 Å². The van der Waals surface area contributed by atoms with E-state index in [0.717, 1.165) is 32.2 Å². The zero-order valence-corrected chi connectivity index (χ0v) is 11.9. The fourth-order valence-electron chi connectivity index (χ4n) is 2.37. The molecule has 0 aromatic rings. The van der Waals surface area contributed by atoms with Crippen LogP contribution in [-0.4, -0.2) is 42.3 Å². The predicted octanol–water partition coefficient (Wildman–Crippen LogP) is 1.73. The minimum atomic E-state index is -0.111. The Labute approximate surface area is 110 Å². The van der Waals surface area contributed by atoms with E-state index < -0.39 is 0 Å². The average Bonchev–Trinajstić information content (AvgIpc) is 2.38. The second kappa shape index (κ2) is 7.52. The first-order chi connectivity index (χ1) is 8.56. The number of carbonyl (C=O) groups excluding carboxylic acids is 2. The largest absolute Gasteiger partial charge is 0.355 e. The molecule has 1 fully saturated rings. The summed E-state index contributed by atoms with van der Waals surface area (Å²) < 4.78 is 0. The molecule has 0 bridgehead atoms. The number of hydrogen-bond acceptors (Lipinski definition) is 3. The van der Waals surface area contributed by atoms with E-state index in [4.69, 9.17) is 0 Å². The van der Waals surface area contributed by atoms with E-state index in [1.165, 1.54) is 0 Å². The van der Waals surface area contributed by atoms with Crippen molar-refractivity contribution >= 4 is 11.7 Å². The van der Waals surface area contributed by atoms with Crippen LogP contribution in [0, 0.1) is 0 Å². The number of hydrogen-bond donors (Lipinski definition) is 1. The van der Waals surface area contributed by atoms with Gasteiger partial charge in [-0.25, -0.2) is 0 Å². The third kappa shape index (κ3) is 4.41. The Hall–Kier alpha value is -0.900. The molecule has 4 nitrogen and oxygen atoms in total. The molecule has 1 saturated carbocycles. The summed E-state index contributed by atoms with van der Waals surface area (Å²) in [4.78, 5) is 25.3. The van der Waals surface area contributed by atoms with Gasteiger partial charge in [0.15, 0.2) is 0 Å². The van der Waals surface area contributed by atoms with E-state index in [-0.39, 0.29) is 11.9 Å². The van der Waals surface area contributed by atoms with Crippen LogP contribution in [0.25, 0.3) is 0 Å². The van der Waals surface area contributed by atoms with Gasteiger partial charge in [0.25, 0.3) is 0 Å². The van der Waals surface area contributed by atoms with Gasteiger partial charge in [0.2, 0.25) is 5.91 Å². The summed E-state index contributed by atoms with van der Waals surface area (Å²) in [6.07, 6.45) is 5.23. The topological polar surface area (TPSA) is 49.4 Å². The molecule has 1 aliphatic rings. The molecule has 1 aliphatic carbocycles. The fourth-order valence-corrected chi connectivity index (χ4v) is 2.37. The van der Waals surface area contributed by atoms with Gasteiger partial charge in [-0.15, -0.1) is 0 Å². The molecule has 1 atom stereocenters. The van der Waals surface area contributed by atoms with Crippen LogP contribution in [0.5, 0.6) is 0 Å². The highest BCUT2D eigenvalue weighted by molar-refractivity contribution is 5.81. The van der Waals surface area contributed by atoms with Crippen LogP contribution >= 0.6 is 0 Å². The van der Waals surface area contributed by atoms with Crippen LogP contribution in [0.4, 0.5) is 0 Å². The SMILES string of the molecule is CCCCNC(=O)C(C)N(C)C1CCC(=O)CC1. The third-order valence-corrected chi connectivity index (χ3v) is 3.91. The van der Waals surface area contributed by atoms with Crippen molar-refractivity contribution in [1.82, 2.24) is 10.2 Å². The normalized spacial score (nSPS) is 19.0. The molecule has 0 aromatic carbocycles. The Morgan fingerprint density at radius 2 is 2.06 bits per heavy atom. The van der Waals surface area contributed by atoms with Crippen molar-refractivity contribution in [1.29, 1.82) is 0 Å². The molecule has 1 amide bonds. The third-order valence-electron chi connectivity index (χ3n) is 3.91. The van der Waals surface area contributed by atoms with Crippen molar-refractivity contribution in [3.63, 3.8) is 0 Å². The monoisotopic (exact) mass is 254 g/mol. The first kappa shape index (κ1) is 15.2. The molecule has 0 spiro atoms. The number of rotatable bonds is 6. The number of amides is 1. The summed E-state index contributed by atoms with van der Waals surface area (Å²) in [7, 11) is 1.99. The fraction of sp³-hybridized carbons (Fsp3) is 0.857. The molecule has 18 heavy (non-hydrogen) atoms. The van der Waals surface area contributed by atoms with E-state index in [2.05, 4.69) is 17.1 Å². The molecule has 1 unspecified atom stereocenters. The van der Waals surface area contributed by atoms with Crippen LogP contribution in [0.15, 0.2) is 0 Å². The summed E-state index contributed by atoms with van der Waals surface area (Å²) >= 11 is 0. The zero-order valence-electron chi connectivity index (χ0n) is 11.9. The Bertz CT molecular complexity index is 282. The first-order valence-corrected chi connectivity index (χ1v) is 7.07. The van der Waals surface area contributed by atoms with E-state index in [9.17, 15) is 9.59 Å². The highest BCUT2D eigenvalue weighted by Crippen LogP contribution is 2.20. The van der Waals surface area contributed by atoms with Crippen LogP contribution in [0.2, 0.25) is 0 Å². The molecule has 1 rings (SSSR count). The standard InChI is InChI=1S/C14H26N2O2/c1-4-5-10-15-14(18)11(2)16(3)12-6-8-13(17)9-7-12/h11-12H,4-10H2,1-3H3,(H,15,18). The van der Waals surface area contributed by atoms with Gasteiger partial charge in [0, 0.05) is 25.4 Å². The number of Topliss-reactive ketones (excluding diaryl/α,β-unsaturated/α-hetero) is 1. The molecule has 0 aliphatic heterocycles. The molecular formula is C14H26N2O2. The zero-order chi connectivity index (χ0) is 13.5. The second-order valence-corrected chi connectivity index (χ2v) is 5.26. The van der Waals surface area contributed by atoms with Crippen LogP contribution in [0.3, 0.4) is 0 Å². The number of likely N-dealkylation sites (N-methyl/N-ethyl adjacent to an activating group) is 1. The van der Waals surface area contributed by atoms with Crippen molar-refractivity contribution in [2.45, 2.75) is 64.5 Å². The number of nitrogens with one attached hydrogen (secondary N) is 1. The van der Waals surface area contributed by atoms with Crippen molar-refractivity contribution in [3.05, 3.63) is 0 Å². The summed E-state index contributed by atoms with van der Waals surface area (Å²) in [6, 6.07) is 0.259. The highest BCUT2D eigenvalue weighted by atomic mass is 16.2. The van der Waals surface area contributed by atoms with Gasteiger partial charge >= 0.3 is 0 Å². The quantitative estimate of drug-likeness (QED) is 0.734. The van der Waals surface area contributed by atoms with E-state index in [0.29, 0.717) is 24.7 Å². The lowest BCUT2D eigenvalue weighted by Gasteiger charge is -2.34. The van der Waals surface area contributed by atoms with Gasteiger partial charge in [-0.1, -0.05) is 13.3 Å². The minimum Gasteiger partial charge on any atom is -0.355 e. The molecule has 104 valence electrons. The molecule has 4 heteroatoms. The Morgan fingerprint density at radius 3 is 2.61 bits per heavy atom. The van der Waals surface area contributed by atoms with E-state index in [1.807, 2.05) is 14.0 Å². The lowest BCUT2D eigenvalue weighted by atomic mass is 9.92. The predicted molar refractivity (Wildman–Crippen MR) is 72.4 cm³/mol. The molecule has 0 saturated heterocycles. The minimum absolute atomic E-state index is 0.0999. The summed E-state index contributed by atoms with van der Waals surface area (Å²) in [6.45, 7) is 4.81. The molecule has 0 radical (unpaired) electrons. The number of nitrogens with zero attached hydrogens (tertiary/aromatic N) is 1. The Balaban J connectivity index is 2.37. The molecule has 0 heterocycles. The van der Waals surface area contributed by atoms with Crippen LogP contribution in [-0.2, 0) is 9.59 Å². The Morgan fingerprint density at radius 1 is 1.44 bits per heavy atom. The van der Waals surface area contributed by atoms with Gasteiger partial charge in [-0.05, 0) is 33.2 Å². The van der Waals surface area contributed by atoms with Crippen LogP contribution in [0.1, 0.15) is 52.4 Å². The van der Waals surface area contributed by atoms with Gasteiger partial charge in [0.05, 0.1) is 6.04 Å². The van der Waals surface area contributed by atoms with Gasteiger partial charge < -0.3 is 5.32 Å². The van der Waals surface area contributed by atoms with Crippen molar-refractivity contribution in [2.24, 2.45) is 0 Å². The van der Waals surface area contributed by atoms with E-state index >= 15 is 0 Å². The maximum absolute atomic E-state index is 11.9. The van der Waals surface area contributed by atoms with Gasteiger partial charge in [-0.2, -0.15) is 0 Å². The second-order valence-electron chi connectivity index (χ2n) is 5.26. The lowest BCUT2D eigenvalue weighted by molar-refractivity contribution is -0.127. The van der Waals surface area contributed by atoms with Gasteiger partial charge in [0.1, 0.15) is 5.78 Å². The number of carbonyl (C=O) groups is 2. The van der Waals surface area contributed by atoms with Gasteiger partial charge in [-0.3, -0.25) is 14.5 Å². The number of ketones is 1. The van der Waals surface area contributed by atoms with E-state index in [1.54, 1.807) is 0 Å². The number of unbranched alkanes of at least 4 members (excludes halogenated alkanes) is 1. The van der Waals surface area contributed by atoms with Crippen molar-refractivity contribution < 1.29 is 9.59 Å². The molecule has 0 aromatic heterocycles. The van der Waals surface area contributed by atoms with Crippen molar-refractivity contribution in [2.75, 3.05) is 13.6 Å². The summed E-state index contributed by atoms with van der Waals surface area (Å²) in [5, 5.41) is 2.96. The smallest absolute Gasteiger partial charge is 0.237 e. The molecule has 1 N–H and O–H groups in total. The summed E-state index contributed by atoms with van der Waals surface area (Å²) in [5.41, 5.74) is 0. The highest BCUT2D eigenvalue weighted by Gasteiger charge is 2.27. The van der Waals surface area contributed by atoms with Crippen LogP contribution < -0.4 is 5.32 Å². The Kier molecular flexibility index (Phi) is 6.33. The molecular weight excluding hydrogens is 228 g/mol.